The van der Waals surface area contributed by atoms with Crippen LogP contribution in [0.5, 0.6) is 11.5 Å². The van der Waals surface area contributed by atoms with E-state index in [2.05, 4.69) is 5.10 Å². The van der Waals surface area contributed by atoms with Crippen molar-refractivity contribution >= 4 is 5.82 Å². The molecule has 0 saturated heterocycles. The van der Waals surface area contributed by atoms with Gasteiger partial charge in [0.05, 0.1) is 12.8 Å². The van der Waals surface area contributed by atoms with Crippen molar-refractivity contribution in [3.63, 3.8) is 0 Å². The van der Waals surface area contributed by atoms with Crippen LogP contribution >= 0.6 is 0 Å². The molecule has 0 amide bonds. The fraction of sp³-hybridized carbons (Fsp3) is 0.182. The number of rotatable bonds is 2. The van der Waals surface area contributed by atoms with Gasteiger partial charge in [-0.3, -0.25) is 4.68 Å². The number of benzene rings is 1. The van der Waals surface area contributed by atoms with Crippen molar-refractivity contribution in [2.45, 2.75) is 0 Å². The Kier molecular flexibility index (Phi) is 2.63. The van der Waals surface area contributed by atoms with Crippen LogP contribution in [0.2, 0.25) is 0 Å². The van der Waals surface area contributed by atoms with Gasteiger partial charge >= 0.3 is 0 Å². The third-order valence-electron chi connectivity index (χ3n) is 2.46. The van der Waals surface area contributed by atoms with Gasteiger partial charge in [-0.1, -0.05) is 0 Å². The number of nitrogens with zero attached hydrogens (tertiary/aromatic N) is 2. The summed E-state index contributed by atoms with van der Waals surface area (Å²) >= 11 is 0. The topological polar surface area (TPSA) is 73.3 Å². The monoisotopic (exact) mass is 237 g/mol. The highest BCUT2D eigenvalue weighted by molar-refractivity contribution is 5.66. The molecule has 17 heavy (non-hydrogen) atoms. The second-order valence-corrected chi connectivity index (χ2v) is 3.58. The molecule has 0 aliphatic heterocycles. The van der Waals surface area contributed by atoms with Crippen LogP contribution in [-0.2, 0) is 7.05 Å². The summed E-state index contributed by atoms with van der Waals surface area (Å²) in [7, 11) is 3.01. The fourth-order valence-electron chi connectivity index (χ4n) is 1.52. The normalized spacial score (nSPS) is 10.5. The lowest BCUT2D eigenvalue weighted by Crippen LogP contribution is -1.96. The zero-order chi connectivity index (χ0) is 12.6. The summed E-state index contributed by atoms with van der Waals surface area (Å²) in [4.78, 5) is 0. The van der Waals surface area contributed by atoms with Gasteiger partial charge in [0.1, 0.15) is 11.6 Å². The van der Waals surface area contributed by atoms with Crippen LogP contribution < -0.4 is 10.5 Å². The van der Waals surface area contributed by atoms with E-state index in [4.69, 9.17) is 10.5 Å². The van der Waals surface area contributed by atoms with E-state index in [0.717, 1.165) is 6.07 Å². The van der Waals surface area contributed by atoms with Gasteiger partial charge in [-0.2, -0.15) is 5.10 Å². The Hall–Kier alpha value is -2.24. The largest absolute Gasteiger partial charge is 0.504 e. The molecule has 0 atom stereocenters. The number of methoxy groups -OCH3 is 1. The van der Waals surface area contributed by atoms with E-state index in [-0.39, 0.29) is 17.1 Å². The van der Waals surface area contributed by atoms with E-state index in [1.165, 1.54) is 23.9 Å². The molecule has 90 valence electrons. The first-order valence-electron chi connectivity index (χ1n) is 4.89. The molecule has 6 heteroatoms. The molecule has 0 aliphatic rings. The Morgan fingerprint density at radius 1 is 1.41 bits per heavy atom. The second kappa shape index (κ2) is 3.97. The Balaban J connectivity index is 2.56. The van der Waals surface area contributed by atoms with Crippen LogP contribution in [-0.4, -0.2) is 22.0 Å². The molecular formula is C11H12FN3O2. The minimum atomic E-state index is -0.530. The van der Waals surface area contributed by atoms with Crippen molar-refractivity contribution in [2.24, 2.45) is 7.05 Å². The van der Waals surface area contributed by atoms with Crippen LogP contribution in [0.1, 0.15) is 0 Å². The molecule has 5 nitrogen and oxygen atoms in total. The summed E-state index contributed by atoms with van der Waals surface area (Å²) in [5.41, 5.74) is 6.15. The maximum absolute atomic E-state index is 13.8. The highest BCUT2D eigenvalue weighted by atomic mass is 19.1. The van der Waals surface area contributed by atoms with Crippen molar-refractivity contribution in [2.75, 3.05) is 12.8 Å². The van der Waals surface area contributed by atoms with E-state index >= 15 is 0 Å². The zero-order valence-corrected chi connectivity index (χ0v) is 9.44. The third kappa shape index (κ3) is 1.89. The number of hydrogen-bond donors (Lipinski definition) is 2. The van der Waals surface area contributed by atoms with Crippen molar-refractivity contribution in [1.82, 2.24) is 9.78 Å². The van der Waals surface area contributed by atoms with Gasteiger partial charge in [-0.15, -0.1) is 0 Å². The third-order valence-corrected chi connectivity index (χ3v) is 2.46. The summed E-state index contributed by atoms with van der Waals surface area (Å²) in [5, 5.41) is 13.6. The molecule has 0 aliphatic carbocycles. The van der Waals surface area contributed by atoms with Crippen molar-refractivity contribution < 1.29 is 14.2 Å². The summed E-state index contributed by atoms with van der Waals surface area (Å²) in [5.74, 6) is -0.185. The number of aryl methyl sites for hydroxylation is 1. The zero-order valence-electron chi connectivity index (χ0n) is 9.44. The Bertz CT molecular complexity index is 547. The SMILES string of the molecule is COc1cc(F)c(-c2cc(N)n(C)n2)cc1O. The molecule has 0 fully saturated rings. The predicted octanol–water partition coefficient (Wildman–Crippen LogP) is 1.52. The molecule has 0 bridgehead atoms. The van der Waals surface area contributed by atoms with Crippen LogP contribution in [0, 0.1) is 5.82 Å². The van der Waals surface area contributed by atoms with Gasteiger partial charge < -0.3 is 15.6 Å². The summed E-state index contributed by atoms with van der Waals surface area (Å²) in [6, 6.07) is 3.90. The van der Waals surface area contributed by atoms with Crippen LogP contribution in [0.15, 0.2) is 18.2 Å². The first kappa shape index (κ1) is 11.3. The number of nitrogen functional groups attached to an aromatic ring is 1. The molecule has 0 spiro atoms. The minimum absolute atomic E-state index is 0.0788. The molecule has 3 N–H and O–H groups in total. The molecule has 0 saturated carbocycles. The van der Waals surface area contributed by atoms with Gasteiger partial charge in [0, 0.05) is 24.7 Å². The van der Waals surface area contributed by atoms with Gasteiger partial charge in [0.2, 0.25) is 0 Å². The average Bonchev–Trinajstić information content (AvgIpc) is 2.61. The smallest absolute Gasteiger partial charge is 0.163 e. The Morgan fingerprint density at radius 2 is 2.12 bits per heavy atom. The van der Waals surface area contributed by atoms with E-state index < -0.39 is 5.82 Å². The Morgan fingerprint density at radius 3 is 2.65 bits per heavy atom. The van der Waals surface area contributed by atoms with Crippen LogP contribution in [0.4, 0.5) is 10.2 Å². The second-order valence-electron chi connectivity index (χ2n) is 3.58. The fourth-order valence-corrected chi connectivity index (χ4v) is 1.52. The van der Waals surface area contributed by atoms with Gasteiger partial charge in [-0.05, 0) is 6.07 Å². The van der Waals surface area contributed by atoms with E-state index in [1.54, 1.807) is 7.05 Å². The Labute approximate surface area is 97.2 Å². The summed E-state index contributed by atoms with van der Waals surface area (Å²) in [6.07, 6.45) is 0. The lowest BCUT2D eigenvalue weighted by molar-refractivity contribution is 0.370. The number of nitrogens with two attached hydrogens (primary N) is 1. The number of phenolic OH excluding ortho intramolecular Hbond substituents is 1. The van der Waals surface area contributed by atoms with Gasteiger partial charge in [-0.25, -0.2) is 4.39 Å². The molecule has 2 rings (SSSR count). The highest BCUT2D eigenvalue weighted by Crippen LogP contribution is 2.33. The van der Waals surface area contributed by atoms with E-state index in [9.17, 15) is 9.50 Å². The quantitative estimate of drug-likeness (QED) is 0.830. The molecule has 0 unspecified atom stereocenters. The van der Waals surface area contributed by atoms with Crippen molar-refractivity contribution in [1.29, 1.82) is 0 Å². The summed E-state index contributed by atoms with van der Waals surface area (Å²) in [6.45, 7) is 0. The van der Waals surface area contributed by atoms with Crippen molar-refractivity contribution in [3.8, 4) is 22.8 Å². The molecule has 2 aromatic rings. The molecule has 0 radical (unpaired) electrons. The summed E-state index contributed by atoms with van der Waals surface area (Å²) < 4.78 is 20.0. The predicted molar refractivity (Wildman–Crippen MR) is 61.2 cm³/mol. The van der Waals surface area contributed by atoms with Gasteiger partial charge in [0.25, 0.3) is 0 Å². The van der Waals surface area contributed by atoms with E-state index in [0.29, 0.717) is 11.5 Å². The lowest BCUT2D eigenvalue weighted by atomic mass is 10.1. The number of phenols is 1. The molecule has 1 aromatic heterocycles. The maximum Gasteiger partial charge on any atom is 0.163 e. The first-order chi connectivity index (χ1) is 8.02. The van der Waals surface area contributed by atoms with E-state index in [1.807, 2.05) is 0 Å². The molecule has 1 heterocycles. The first-order valence-corrected chi connectivity index (χ1v) is 4.89. The highest BCUT2D eigenvalue weighted by Gasteiger charge is 2.14. The number of ether oxygens (including phenoxy) is 1. The number of hydrogen-bond acceptors (Lipinski definition) is 4. The van der Waals surface area contributed by atoms with Crippen LogP contribution in [0.3, 0.4) is 0 Å². The number of anilines is 1. The number of aromatic nitrogens is 2. The lowest BCUT2D eigenvalue weighted by Gasteiger charge is -2.06. The van der Waals surface area contributed by atoms with Crippen molar-refractivity contribution in [3.05, 3.63) is 24.0 Å². The van der Waals surface area contributed by atoms with Gasteiger partial charge in [0.15, 0.2) is 11.5 Å². The van der Waals surface area contributed by atoms with Crippen LogP contribution in [0.25, 0.3) is 11.3 Å². The standard InChI is InChI=1S/C11H12FN3O2/c1-15-11(13)5-8(14-15)6-3-9(16)10(17-2)4-7(6)12/h3-5,16H,13H2,1-2H3. The maximum atomic E-state index is 13.8. The number of halogens is 1. The molecular weight excluding hydrogens is 225 g/mol. The minimum Gasteiger partial charge on any atom is -0.504 e. The average molecular weight is 237 g/mol. The molecule has 1 aromatic carbocycles. The number of aromatic hydroxyl groups is 1.